The van der Waals surface area contributed by atoms with E-state index in [1.54, 1.807) is 19.1 Å². The Morgan fingerprint density at radius 2 is 1.85 bits per heavy atom. The second-order valence-electron chi connectivity index (χ2n) is 9.00. The van der Waals surface area contributed by atoms with Crippen molar-refractivity contribution in [1.29, 1.82) is 0 Å². The first-order chi connectivity index (χ1) is 15.9. The van der Waals surface area contributed by atoms with Crippen LogP contribution in [0.4, 0.5) is 0 Å². The highest BCUT2D eigenvalue weighted by atomic mass is 35.5. The second-order valence-corrected chi connectivity index (χ2v) is 9.44. The van der Waals surface area contributed by atoms with E-state index < -0.39 is 0 Å². The van der Waals surface area contributed by atoms with Crippen LogP contribution in [-0.2, 0) is 0 Å². The Morgan fingerprint density at radius 3 is 2.55 bits per heavy atom. The molecule has 168 valence electrons. The quantitative estimate of drug-likeness (QED) is 0.298. The molecule has 0 atom stereocenters. The highest BCUT2D eigenvalue weighted by Crippen LogP contribution is 2.41. The molecule has 3 aliphatic rings. The fourth-order valence-corrected chi connectivity index (χ4v) is 4.60. The number of benzene rings is 3. The summed E-state index contributed by atoms with van der Waals surface area (Å²) in [6, 6.07) is 16.6. The van der Waals surface area contributed by atoms with E-state index in [4.69, 9.17) is 16.0 Å². The largest absolute Gasteiger partial charge is 0.456 e. The number of hydrogen-bond acceptors (Lipinski definition) is 3. The first-order valence-electron chi connectivity index (χ1n) is 11.5. The maximum absolute atomic E-state index is 13.2. The molecule has 0 saturated heterocycles. The summed E-state index contributed by atoms with van der Waals surface area (Å²) in [7, 11) is 0. The van der Waals surface area contributed by atoms with Crippen LogP contribution in [0.15, 0.2) is 63.8 Å². The summed E-state index contributed by atoms with van der Waals surface area (Å²) < 4.78 is 6.04. The van der Waals surface area contributed by atoms with Crippen molar-refractivity contribution in [3.8, 4) is 22.5 Å². The Balaban J connectivity index is 1.61. The van der Waals surface area contributed by atoms with Gasteiger partial charge in [0.15, 0.2) is 5.43 Å². The van der Waals surface area contributed by atoms with Crippen LogP contribution < -0.4 is 5.43 Å². The highest BCUT2D eigenvalue weighted by molar-refractivity contribution is 6.31. The molecule has 5 rings (SSSR count). The van der Waals surface area contributed by atoms with E-state index in [2.05, 4.69) is 6.92 Å². The normalized spacial score (nSPS) is 13.5. The lowest BCUT2D eigenvalue weighted by Crippen LogP contribution is -2.33. The van der Waals surface area contributed by atoms with Crippen molar-refractivity contribution in [3.63, 3.8) is 0 Å². The van der Waals surface area contributed by atoms with E-state index in [1.807, 2.05) is 47.4 Å². The van der Waals surface area contributed by atoms with Crippen LogP contribution in [0.5, 0.6) is 0 Å². The van der Waals surface area contributed by atoms with Crippen LogP contribution in [0.25, 0.3) is 33.4 Å². The van der Waals surface area contributed by atoms with Crippen LogP contribution in [0, 0.1) is 12.8 Å². The molecule has 0 radical (unpaired) electrons. The molecule has 4 nitrogen and oxygen atoms in total. The fraction of sp³-hybridized carbons (Fsp3) is 0.286. The van der Waals surface area contributed by atoms with Gasteiger partial charge in [-0.1, -0.05) is 30.7 Å². The van der Waals surface area contributed by atoms with E-state index in [1.165, 1.54) is 12.8 Å². The molecule has 33 heavy (non-hydrogen) atoms. The van der Waals surface area contributed by atoms with E-state index >= 15 is 0 Å². The molecule has 2 aromatic rings. The summed E-state index contributed by atoms with van der Waals surface area (Å²) in [6.45, 7) is 5.53. The van der Waals surface area contributed by atoms with Gasteiger partial charge in [0.05, 0.1) is 0 Å². The zero-order valence-electron chi connectivity index (χ0n) is 18.9. The molecule has 0 spiro atoms. The summed E-state index contributed by atoms with van der Waals surface area (Å²) >= 11 is 6.32. The molecule has 2 aromatic carbocycles. The zero-order valence-corrected chi connectivity index (χ0v) is 19.6. The summed E-state index contributed by atoms with van der Waals surface area (Å²) in [5, 5.41) is 1.48. The SMILES string of the molecule is CCCN(CC1CC1)C(=O)c1ccc(-c2c3cc(C)c(=O)cc-3oc3ccc(Cl)cc23)cc1. The number of carbonyl (C=O) groups excluding carboxylic acids is 1. The number of fused-ring (bicyclic) bond motifs is 2. The van der Waals surface area contributed by atoms with Gasteiger partial charge in [0, 0.05) is 46.3 Å². The van der Waals surface area contributed by atoms with Crippen LogP contribution in [0.1, 0.15) is 42.1 Å². The van der Waals surface area contributed by atoms with Gasteiger partial charge < -0.3 is 9.32 Å². The molecule has 0 unspecified atom stereocenters. The average molecular weight is 460 g/mol. The Labute approximate surface area is 198 Å². The Morgan fingerprint density at radius 1 is 1.09 bits per heavy atom. The second kappa shape index (κ2) is 8.68. The van der Waals surface area contributed by atoms with Crippen LogP contribution in [0.2, 0.25) is 5.02 Å². The predicted octanol–water partition coefficient (Wildman–Crippen LogP) is 6.79. The number of halogens is 1. The lowest BCUT2D eigenvalue weighted by molar-refractivity contribution is 0.0747. The van der Waals surface area contributed by atoms with Gasteiger partial charge in [-0.15, -0.1) is 0 Å². The lowest BCUT2D eigenvalue weighted by Gasteiger charge is -2.22. The Kier molecular flexibility index (Phi) is 5.71. The van der Waals surface area contributed by atoms with Gasteiger partial charge in [0.25, 0.3) is 5.91 Å². The first kappa shape index (κ1) is 21.7. The molecule has 1 amide bonds. The third-order valence-corrected chi connectivity index (χ3v) is 6.59. The van der Waals surface area contributed by atoms with Gasteiger partial charge in [-0.05, 0) is 79.6 Å². The lowest BCUT2D eigenvalue weighted by atomic mass is 9.92. The predicted molar refractivity (Wildman–Crippen MR) is 133 cm³/mol. The molecule has 1 saturated carbocycles. The van der Waals surface area contributed by atoms with E-state index in [-0.39, 0.29) is 11.3 Å². The molecule has 1 fully saturated rings. The summed E-state index contributed by atoms with van der Waals surface area (Å²) in [5.74, 6) is 1.28. The van der Waals surface area contributed by atoms with Crippen molar-refractivity contribution in [2.45, 2.75) is 33.1 Å². The van der Waals surface area contributed by atoms with Gasteiger partial charge in [-0.2, -0.15) is 0 Å². The summed E-state index contributed by atoms with van der Waals surface area (Å²) in [5.41, 5.74) is 4.69. The van der Waals surface area contributed by atoms with Crippen LogP contribution >= 0.6 is 11.6 Å². The minimum Gasteiger partial charge on any atom is -0.456 e. The first-order valence-corrected chi connectivity index (χ1v) is 11.9. The van der Waals surface area contributed by atoms with E-state index in [0.29, 0.717) is 33.4 Å². The van der Waals surface area contributed by atoms with Gasteiger partial charge in [-0.25, -0.2) is 0 Å². The van der Waals surface area contributed by atoms with Crippen molar-refractivity contribution in [3.05, 3.63) is 81.0 Å². The molecule has 1 heterocycles. The molecular formula is C28H26ClNO3. The molecule has 0 N–H and O–H groups in total. The third kappa shape index (κ3) is 4.28. The number of rotatable bonds is 6. The van der Waals surface area contributed by atoms with Crippen LogP contribution in [-0.4, -0.2) is 23.9 Å². The maximum atomic E-state index is 13.2. The van der Waals surface area contributed by atoms with E-state index in [0.717, 1.165) is 41.6 Å². The monoisotopic (exact) mass is 459 g/mol. The number of aryl methyl sites for hydroxylation is 1. The van der Waals surface area contributed by atoms with Crippen LogP contribution in [0.3, 0.4) is 0 Å². The smallest absolute Gasteiger partial charge is 0.253 e. The Bertz CT molecular complexity index is 1370. The van der Waals surface area contributed by atoms with Gasteiger partial charge in [-0.3, -0.25) is 9.59 Å². The zero-order chi connectivity index (χ0) is 23.1. The molecule has 0 aromatic heterocycles. The molecule has 2 aliphatic carbocycles. The van der Waals surface area contributed by atoms with Crippen molar-refractivity contribution in [2.24, 2.45) is 5.92 Å². The van der Waals surface area contributed by atoms with Gasteiger partial charge in [0.1, 0.15) is 11.3 Å². The summed E-state index contributed by atoms with van der Waals surface area (Å²) in [6.07, 6.45) is 3.39. The molecule has 1 aliphatic heterocycles. The molecule has 5 heteroatoms. The highest BCUT2D eigenvalue weighted by Gasteiger charge is 2.27. The minimum absolute atomic E-state index is 0.0573. The maximum Gasteiger partial charge on any atom is 0.253 e. The number of nitrogens with zero attached hydrogens (tertiary/aromatic N) is 1. The molecular weight excluding hydrogens is 434 g/mol. The third-order valence-electron chi connectivity index (χ3n) is 6.35. The topological polar surface area (TPSA) is 50.5 Å². The van der Waals surface area contributed by atoms with E-state index in [9.17, 15) is 9.59 Å². The van der Waals surface area contributed by atoms with Gasteiger partial charge in [0.2, 0.25) is 0 Å². The minimum atomic E-state index is -0.0573. The Hall–Kier alpha value is -3.11. The average Bonchev–Trinajstić information content (AvgIpc) is 3.62. The number of hydrogen-bond donors (Lipinski definition) is 0. The van der Waals surface area contributed by atoms with Crippen molar-refractivity contribution >= 4 is 28.5 Å². The number of carbonyl (C=O) groups is 1. The number of amides is 1. The van der Waals surface area contributed by atoms with Gasteiger partial charge >= 0.3 is 0 Å². The van der Waals surface area contributed by atoms with Crippen molar-refractivity contribution in [1.82, 2.24) is 4.90 Å². The summed E-state index contributed by atoms with van der Waals surface area (Å²) in [4.78, 5) is 27.4. The fourth-order valence-electron chi connectivity index (χ4n) is 4.43. The standard InChI is InChI=1S/C28H26ClNO3/c1-3-12-30(16-18-4-5-18)28(32)20-8-6-19(7-9-20)27-22-13-17(2)24(31)15-26(22)33-25-11-10-21(29)14-23(25)27/h6-11,13-15,18H,3-5,12,16H2,1-2H3. The van der Waals surface area contributed by atoms with Crippen molar-refractivity contribution < 1.29 is 9.21 Å². The van der Waals surface area contributed by atoms with Crippen molar-refractivity contribution in [2.75, 3.05) is 13.1 Å². The molecule has 0 bridgehead atoms.